The molecule has 2 nitrogen and oxygen atoms in total. The van der Waals surface area contributed by atoms with Crippen molar-refractivity contribution < 1.29 is 4.74 Å². The molecule has 0 saturated carbocycles. The van der Waals surface area contributed by atoms with Crippen LogP contribution in [0.25, 0.3) is 0 Å². The molecule has 0 radical (unpaired) electrons. The molecule has 1 rings (SSSR count). The Bertz CT molecular complexity index is 299. The fourth-order valence-corrected chi connectivity index (χ4v) is 1.26. The predicted molar refractivity (Wildman–Crippen MR) is 59.0 cm³/mol. The van der Waals surface area contributed by atoms with Crippen LogP contribution >= 0.6 is 12.2 Å². The lowest BCUT2D eigenvalue weighted by atomic mass is 10.3. The zero-order valence-electron chi connectivity index (χ0n) is 7.62. The maximum Gasteiger partial charge on any atom is 0.167 e. The molecule has 1 aromatic carbocycles. The van der Waals surface area contributed by atoms with Gasteiger partial charge in [0.05, 0.1) is 0 Å². The van der Waals surface area contributed by atoms with Crippen LogP contribution in [-0.2, 0) is 0 Å². The second kappa shape index (κ2) is 4.82. The molecule has 0 aliphatic rings. The third-order valence-corrected chi connectivity index (χ3v) is 1.83. The van der Waals surface area contributed by atoms with Gasteiger partial charge in [-0.3, -0.25) is 0 Å². The number of benzene rings is 1. The lowest BCUT2D eigenvalue weighted by molar-refractivity contribution is 0.546. The van der Waals surface area contributed by atoms with Gasteiger partial charge >= 0.3 is 0 Å². The van der Waals surface area contributed by atoms with Crippen molar-refractivity contribution in [3.8, 4) is 5.75 Å². The largest absolute Gasteiger partial charge is 0.450 e. The highest BCUT2D eigenvalue weighted by atomic mass is 32.1. The Morgan fingerprint density at radius 2 is 2.31 bits per heavy atom. The normalized spacial score (nSPS) is 9.62. The number of thiocarbonyl (C=S) groups is 1. The van der Waals surface area contributed by atoms with Gasteiger partial charge in [-0.05, 0) is 30.8 Å². The van der Waals surface area contributed by atoms with E-state index in [0.717, 1.165) is 18.6 Å². The van der Waals surface area contributed by atoms with Crippen molar-refractivity contribution in [1.29, 1.82) is 0 Å². The smallest absolute Gasteiger partial charge is 0.167 e. The molecule has 0 saturated heterocycles. The molecule has 0 heterocycles. The fourth-order valence-electron chi connectivity index (χ4n) is 0.965. The Morgan fingerprint density at radius 3 is 2.92 bits per heavy atom. The summed E-state index contributed by atoms with van der Waals surface area (Å²) in [6.45, 7) is 2.06. The molecule has 1 aromatic rings. The van der Waals surface area contributed by atoms with E-state index >= 15 is 0 Å². The van der Waals surface area contributed by atoms with Crippen LogP contribution in [0.2, 0.25) is 0 Å². The van der Waals surface area contributed by atoms with E-state index in [1.54, 1.807) is 6.07 Å². The topological polar surface area (TPSA) is 35.2 Å². The van der Waals surface area contributed by atoms with Crippen molar-refractivity contribution in [3.05, 3.63) is 24.3 Å². The second-order valence-electron chi connectivity index (χ2n) is 2.80. The molecule has 0 fully saturated rings. The first-order chi connectivity index (χ1) is 6.22. The number of hydrogen-bond donors (Lipinski definition) is 1. The SMILES string of the molecule is CCCC(=S)Oc1cccc(N)c1. The Hall–Kier alpha value is -1.09. The van der Waals surface area contributed by atoms with Crippen molar-refractivity contribution in [2.24, 2.45) is 0 Å². The lowest BCUT2D eigenvalue weighted by Crippen LogP contribution is -2.04. The van der Waals surface area contributed by atoms with E-state index in [2.05, 4.69) is 6.92 Å². The maximum atomic E-state index is 5.59. The average Bonchev–Trinajstić information content (AvgIpc) is 2.04. The molecule has 70 valence electrons. The number of nitrogen functional groups attached to an aromatic ring is 1. The van der Waals surface area contributed by atoms with E-state index in [9.17, 15) is 0 Å². The minimum absolute atomic E-state index is 0.619. The lowest BCUT2D eigenvalue weighted by Gasteiger charge is -2.05. The molecular weight excluding hydrogens is 182 g/mol. The molecule has 0 atom stereocenters. The summed E-state index contributed by atoms with van der Waals surface area (Å²) in [5, 5.41) is 0.619. The number of nitrogens with two attached hydrogens (primary N) is 1. The van der Waals surface area contributed by atoms with Gasteiger partial charge in [0, 0.05) is 18.2 Å². The molecule has 0 spiro atoms. The number of ether oxygens (including phenoxy) is 1. The number of hydrogen-bond acceptors (Lipinski definition) is 3. The van der Waals surface area contributed by atoms with Crippen LogP contribution in [0.4, 0.5) is 5.69 Å². The summed E-state index contributed by atoms with van der Waals surface area (Å²) in [5.41, 5.74) is 6.28. The highest BCUT2D eigenvalue weighted by Crippen LogP contribution is 2.15. The summed E-state index contributed by atoms with van der Waals surface area (Å²) in [7, 11) is 0. The van der Waals surface area contributed by atoms with Crippen LogP contribution < -0.4 is 10.5 Å². The molecule has 2 N–H and O–H groups in total. The Balaban J connectivity index is 2.58. The van der Waals surface area contributed by atoms with E-state index in [1.165, 1.54) is 0 Å². The van der Waals surface area contributed by atoms with Crippen molar-refractivity contribution in [1.82, 2.24) is 0 Å². The van der Waals surface area contributed by atoms with Crippen molar-refractivity contribution in [3.63, 3.8) is 0 Å². The summed E-state index contributed by atoms with van der Waals surface area (Å²) >= 11 is 5.02. The van der Waals surface area contributed by atoms with Gasteiger partial charge < -0.3 is 10.5 Å². The molecule has 13 heavy (non-hydrogen) atoms. The van der Waals surface area contributed by atoms with Gasteiger partial charge in [-0.25, -0.2) is 0 Å². The van der Waals surface area contributed by atoms with Gasteiger partial charge in [-0.1, -0.05) is 13.0 Å². The minimum Gasteiger partial charge on any atom is -0.450 e. The molecule has 0 unspecified atom stereocenters. The minimum atomic E-state index is 0.619. The van der Waals surface area contributed by atoms with E-state index in [1.807, 2.05) is 18.2 Å². The quantitative estimate of drug-likeness (QED) is 0.595. The standard InChI is InChI=1S/C10H13NOS/c1-2-4-10(13)12-9-6-3-5-8(11)7-9/h3,5-7H,2,4,11H2,1H3. The van der Waals surface area contributed by atoms with E-state index in [4.69, 9.17) is 22.7 Å². The molecule has 0 aliphatic carbocycles. The van der Waals surface area contributed by atoms with E-state index in [-0.39, 0.29) is 0 Å². The summed E-state index contributed by atoms with van der Waals surface area (Å²) in [6.07, 6.45) is 1.81. The van der Waals surface area contributed by atoms with Crippen molar-refractivity contribution in [2.75, 3.05) is 5.73 Å². The second-order valence-corrected chi connectivity index (χ2v) is 3.25. The third-order valence-electron chi connectivity index (χ3n) is 1.54. The average molecular weight is 195 g/mol. The van der Waals surface area contributed by atoms with Gasteiger partial charge in [-0.15, -0.1) is 0 Å². The highest BCUT2D eigenvalue weighted by Gasteiger charge is 1.98. The van der Waals surface area contributed by atoms with Gasteiger partial charge in [0.15, 0.2) is 5.05 Å². The van der Waals surface area contributed by atoms with Crippen LogP contribution in [0.3, 0.4) is 0 Å². The van der Waals surface area contributed by atoms with Crippen molar-refractivity contribution >= 4 is 23.0 Å². The first-order valence-electron chi connectivity index (χ1n) is 4.28. The first kappa shape index (κ1) is 9.99. The molecular formula is C10H13NOS. The van der Waals surface area contributed by atoms with Crippen LogP contribution in [0.1, 0.15) is 19.8 Å². The summed E-state index contributed by atoms with van der Waals surface area (Å²) in [6, 6.07) is 7.27. The first-order valence-corrected chi connectivity index (χ1v) is 4.69. The van der Waals surface area contributed by atoms with Crippen LogP contribution in [-0.4, -0.2) is 5.05 Å². The number of rotatable bonds is 3. The van der Waals surface area contributed by atoms with E-state index in [0.29, 0.717) is 10.7 Å². The summed E-state index contributed by atoms with van der Waals surface area (Å²) < 4.78 is 5.39. The van der Waals surface area contributed by atoms with Gasteiger partial charge in [0.2, 0.25) is 0 Å². The Kier molecular flexibility index (Phi) is 3.71. The molecule has 0 aromatic heterocycles. The predicted octanol–water partition coefficient (Wildman–Crippen LogP) is 2.78. The molecule has 0 aliphatic heterocycles. The highest BCUT2D eigenvalue weighted by molar-refractivity contribution is 7.80. The summed E-state index contributed by atoms with van der Waals surface area (Å²) in [4.78, 5) is 0. The van der Waals surface area contributed by atoms with Crippen molar-refractivity contribution in [2.45, 2.75) is 19.8 Å². The molecule has 0 bridgehead atoms. The Labute approximate surface area is 83.7 Å². The van der Waals surface area contributed by atoms with Crippen LogP contribution in [0.15, 0.2) is 24.3 Å². The summed E-state index contributed by atoms with van der Waals surface area (Å²) in [5.74, 6) is 0.721. The van der Waals surface area contributed by atoms with Crippen LogP contribution in [0.5, 0.6) is 5.75 Å². The van der Waals surface area contributed by atoms with E-state index < -0.39 is 0 Å². The fraction of sp³-hybridized carbons (Fsp3) is 0.300. The van der Waals surface area contributed by atoms with Crippen LogP contribution in [0, 0.1) is 0 Å². The molecule has 0 amide bonds. The zero-order chi connectivity index (χ0) is 9.68. The number of anilines is 1. The molecule has 3 heteroatoms. The zero-order valence-corrected chi connectivity index (χ0v) is 8.43. The maximum absolute atomic E-state index is 5.59. The van der Waals surface area contributed by atoms with Gasteiger partial charge in [-0.2, -0.15) is 0 Å². The van der Waals surface area contributed by atoms with Gasteiger partial charge in [0.1, 0.15) is 5.75 Å². The monoisotopic (exact) mass is 195 g/mol. The third kappa shape index (κ3) is 3.42. The Morgan fingerprint density at radius 1 is 1.54 bits per heavy atom. The van der Waals surface area contributed by atoms with Gasteiger partial charge in [0.25, 0.3) is 0 Å².